The van der Waals surface area contributed by atoms with E-state index < -0.39 is 0 Å². The molecule has 0 saturated carbocycles. The lowest BCUT2D eigenvalue weighted by atomic mass is 10.1. The van der Waals surface area contributed by atoms with E-state index in [4.69, 9.17) is 0 Å². The van der Waals surface area contributed by atoms with Crippen molar-refractivity contribution < 1.29 is 4.79 Å². The molecular formula is C15H18O. The number of aryl methyl sites for hydroxylation is 1. The molecule has 0 aromatic heterocycles. The summed E-state index contributed by atoms with van der Waals surface area (Å²) in [4.78, 5) is 10.0. The predicted molar refractivity (Wildman–Crippen MR) is 68.3 cm³/mol. The Morgan fingerprint density at radius 1 is 0.875 bits per heavy atom. The van der Waals surface area contributed by atoms with E-state index in [1.165, 1.54) is 5.56 Å². The average Bonchev–Trinajstić information content (AvgIpc) is 2.34. The van der Waals surface area contributed by atoms with E-state index >= 15 is 0 Å². The number of allylic oxidation sites excluding steroid dienone is 4. The standard InChI is InChI=1S/C15H18O/c16-14-10-5-3-1-2-4-7-11-15-12-8-6-9-13-15/h1-4,6,8-9,12-14H,5,7,10-11H2/b3-1-,4-2+. The highest BCUT2D eigenvalue weighted by Crippen LogP contribution is 2.02. The van der Waals surface area contributed by atoms with E-state index in [-0.39, 0.29) is 0 Å². The Labute approximate surface area is 97.5 Å². The minimum atomic E-state index is 0.619. The highest BCUT2D eigenvalue weighted by Gasteiger charge is 1.86. The molecule has 0 saturated heterocycles. The van der Waals surface area contributed by atoms with Crippen molar-refractivity contribution >= 4 is 6.29 Å². The molecule has 1 aromatic rings. The summed E-state index contributed by atoms with van der Waals surface area (Å²) in [5.74, 6) is 0. The smallest absolute Gasteiger partial charge is 0.120 e. The summed E-state index contributed by atoms with van der Waals surface area (Å²) in [7, 11) is 0. The van der Waals surface area contributed by atoms with Crippen molar-refractivity contribution in [1.29, 1.82) is 0 Å². The molecule has 1 rings (SSSR count). The number of hydrogen-bond donors (Lipinski definition) is 0. The summed E-state index contributed by atoms with van der Waals surface area (Å²) in [6.07, 6.45) is 12.8. The van der Waals surface area contributed by atoms with Gasteiger partial charge in [-0.25, -0.2) is 0 Å². The van der Waals surface area contributed by atoms with Crippen LogP contribution in [0.5, 0.6) is 0 Å². The van der Waals surface area contributed by atoms with E-state index in [1.54, 1.807) is 0 Å². The molecule has 0 unspecified atom stereocenters. The zero-order chi connectivity index (χ0) is 11.5. The van der Waals surface area contributed by atoms with Crippen LogP contribution in [0.4, 0.5) is 0 Å². The summed E-state index contributed by atoms with van der Waals surface area (Å²) in [5, 5.41) is 0. The second-order valence-corrected chi connectivity index (χ2v) is 3.62. The number of rotatable bonds is 7. The number of carbonyl (C=O) groups is 1. The highest BCUT2D eigenvalue weighted by molar-refractivity contribution is 5.49. The van der Waals surface area contributed by atoms with E-state index in [0.717, 1.165) is 25.5 Å². The maximum atomic E-state index is 10.0. The molecule has 0 heterocycles. The minimum Gasteiger partial charge on any atom is -0.303 e. The Balaban J connectivity index is 2.13. The molecule has 0 spiro atoms. The van der Waals surface area contributed by atoms with Crippen molar-refractivity contribution in [1.82, 2.24) is 0 Å². The largest absolute Gasteiger partial charge is 0.303 e. The highest BCUT2D eigenvalue weighted by atomic mass is 16.1. The maximum absolute atomic E-state index is 10.0. The van der Waals surface area contributed by atoms with Gasteiger partial charge in [-0.1, -0.05) is 54.6 Å². The van der Waals surface area contributed by atoms with Crippen molar-refractivity contribution in [2.45, 2.75) is 25.7 Å². The third-order valence-electron chi connectivity index (χ3n) is 2.28. The normalized spacial score (nSPS) is 11.2. The molecule has 16 heavy (non-hydrogen) atoms. The van der Waals surface area contributed by atoms with Crippen LogP contribution in [-0.4, -0.2) is 6.29 Å². The Morgan fingerprint density at radius 3 is 2.25 bits per heavy atom. The average molecular weight is 214 g/mol. The first-order chi connectivity index (χ1) is 7.93. The van der Waals surface area contributed by atoms with E-state index in [2.05, 4.69) is 30.3 Å². The molecule has 1 heteroatoms. The van der Waals surface area contributed by atoms with Gasteiger partial charge in [0.2, 0.25) is 0 Å². The van der Waals surface area contributed by atoms with Crippen LogP contribution in [-0.2, 0) is 11.2 Å². The molecule has 0 N–H and O–H groups in total. The van der Waals surface area contributed by atoms with Gasteiger partial charge in [0.15, 0.2) is 0 Å². The number of aldehydes is 1. The van der Waals surface area contributed by atoms with Gasteiger partial charge >= 0.3 is 0 Å². The van der Waals surface area contributed by atoms with Crippen LogP contribution in [0.15, 0.2) is 54.6 Å². The topological polar surface area (TPSA) is 17.1 Å². The Morgan fingerprint density at radius 2 is 1.56 bits per heavy atom. The Kier molecular flexibility index (Phi) is 6.73. The molecule has 84 valence electrons. The zero-order valence-corrected chi connectivity index (χ0v) is 9.51. The summed E-state index contributed by atoms with van der Waals surface area (Å²) in [6, 6.07) is 10.5. The second-order valence-electron chi connectivity index (χ2n) is 3.62. The molecule has 1 aromatic carbocycles. The van der Waals surface area contributed by atoms with Gasteiger partial charge in [-0.15, -0.1) is 0 Å². The van der Waals surface area contributed by atoms with Gasteiger partial charge in [0.1, 0.15) is 6.29 Å². The maximum Gasteiger partial charge on any atom is 0.120 e. The van der Waals surface area contributed by atoms with Crippen molar-refractivity contribution in [3.05, 3.63) is 60.2 Å². The summed E-state index contributed by atoms with van der Waals surface area (Å²) >= 11 is 0. The van der Waals surface area contributed by atoms with Gasteiger partial charge in [-0.2, -0.15) is 0 Å². The SMILES string of the molecule is O=CCC/C=C\C=C\CCc1ccccc1. The fourth-order valence-corrected chi connectivity index (χ4v) is 1.41. The van der Waals surface area contributed by atoms with E-state index in [9.17, 15) is 4.79 Å². The third-order valence-corrected chi connectivity index (χ3v) is 2.28. The van der Waals surface area contributed by atoms with Crippen LogP contribution in [0.3, 0.4) is 0 Å². The molecule has 0 fully saturated rings. The minimum absolute atomic E-state index is 0.619. The van der Waals surface area contributed by atoms with Gasteiger partial charge in [0.05, 0.1) is 0 Å². The van der Waals surface area contributed by atoms with Gasteiger partial charge in [-0.3, -0.25) is 0 Å². The summed E-state index contributed by atoms with van der Waals surface area (Å²) in [5.41, 5.74) is 1.37. The molecule has 0 aliphatic heterocycles. The van der Waals surface area contributed by atoms with E-state index in [0.29, 0.717) is 6.42 Å². The molecule has 0 aliphatic rings. The molecular weight excluding hydrogens is 196 g/mol. The monoisotopic (exact) mass is 214 g/mol. The lowest BCUT2D eigenvalue weighted by molar-refractivity contribution is -0.107. The van der Waals surface area contributed by atoms with Crippen molar-refractivity contribution in [2.24, 2.45) is 0 Å². The zero-order valence-electron chi connectivity index (χ0n) is 9.51. The fourth-order valence-electron chi connectivity index (χ4n) is 1.41. The van der Waals surface area contributed by atoms with Gasteiger partial charge in [0.25, 0.3) is 0 Å². The number of unbranched alkanes of at least 4 members (excludes halogenated alkanes) is 1. The third kappa shape index (κ3) is 5.97. The number of carbonyl (C=O) groups excluding carboxylic acids is 1. The van der Waals surface area contributed by atoms with Crippen LogP contribution in [0.2, 0.25) is 0 Å². The van der Waals surface area contributed by atoms with Gasteiger partial charge < -0.3 is 4.79 Å². The molecule has 0 atom stereocenters. The fraction of sp³-hybridized carbons (Fsp3) is 0.267. The molecule has 1 nitrogen and oxygen atoms in total. The molecule has 0 amide bonds. The van der Waals surface area contributed by atoms with Crippen LogP contribution in [0.25, 0.3) is 0 Å². The predicted octanol–water partition coefficient (Wildman–Crippen LogP) is 3.71. The molecule has 0 aliphatic carbocycles. The van der Waals surface area contributed by atoms with Crippen LogP contribution in [0.1, 0.15) is 24.8 Å². The quantitative estimate of drug-likeness (QED) is 0.384. The van der Waals surface area contributed by atoms with Gasteiger partial charge in [-0.05, 0) is 24.8 Å². The molecule has 0 bridgehead atoms. The first-order valence-corrected chi connectivity index (χ1v) is 5.72. The van der Waals surface area contributed by atoms with Crippen molar-refractivity contribution in [2.75, 3.05) is 0 Å². The van der Waals surface area contributed by atoms with Gasteiger partial charge in [0, 0.05) is 6.42 Å². The summed E-state index contributed by atoms with van der Waals surface area (Å²) in [6.45, 7) is 0. The Bertz CT molecular complexity index is 336. The first kappa shape index (κ1) is 12.4. The van der Waals surface area contributed by atoms with Crippen molar-refractivity contribution in [3.63, 3.8) is 0 Å². The Hall–Kier alpha value is -1.63. The first-order valence-electron chi connectivity index (χ1n) is 5.72. The number of benzene rings is 1. The van der Waals surface area contributed by atoms with Crippen molar-refractivity contribution in [3.8, 4) is 0 Å². The van der Waals surface area contributed by atoms with Crippen LogP contribution in [0, 0.1) is 0 Å². The van der Waals surface area contributed by atoms with Crippen LogP contribution < -0.4 is 0 Å². The van der Waals surface area contributed by atoms with Crippen LogP contribution >= 0.6 is 0 Å². The lowest BCUT2D eigenvalue weighted by Gasteiger charge is -1.95. The summed E-state index contributed by atoms with van der Waals surface area (Å²) < 4.78 is 0. The molecule has 0 radical (unpaired) electrons. The van der Waals surface area contributed by atoms with E-state index in [1.807, 2.05) is 24.3 Å². The second kappa shape index (κ2) is 8.66. The number of hydrogen-bond acceptors (Lipinski definition) is 1. The lowest BCUT2D eigenvalue weighted by Crippen LogP contribution is -1.80.